The van der Waals surface area contributed by atoms with Gasteiger partial charge in [0, 0.05) is 77.2 Å². The van der Waals surface area contributed by atoms with Crippen molar-refractivity contribution in [3.63, 3.8) is 0 Å². The number of amides is 7. The van der Waals surface area contributed by atoms with Crippen LogP contribution in [0.25, 0.3) is 10.4 Å². The first-order chi connectivity index (χ1) is 53.5. The molecular formula is C91H172N10O13. The summed E-state index contributed by atoms with van der Waals surface area (Å²) in [7, 11) is 3.10. The Kier molecular flexibility index (Phi) is 56.3. The molecule has 0 aromatic rings. The number of hydrogen-bond donors (Lipinski definition) is 1. The fourth-order valence-electron chi connectivity index (χ4n) is 13.9. The number of hydrogen-bond acceptors (Lipinski definition) is 14. The van der Waals surface area contributed by atoms with E-state index in [1.54, 1.807) is 137 Å². The SMILES string of the molecule is CCCCN(C(=O)OC(C)(C)C)C(C(CCCCCCNC(=O)CCCCCCCCCCC=CCCCCCCCCCCC=CCCCCCCCCCCCN=[N+]=[N-])CN(CCCC(N(C)C(=O)OC(C)(C)C)N(CCC)C(=O)OC(C)(C)C)C(=O)OC(C)(C)C)(N(C)C(=O)OC(C)(C)C)N(CCC)C(=O)OC(C)(C)C. The molecule has 1 N–H and O–H groups in total. The van der Waals surface area contributed by atoms with Gasteiger partial charge in [0.25, 0.3) is 0 Å². The first-order valence-corrected chi connectivity index (χ1v) is 45.0. The number of allylic oxidation sites excluding steroid dienone is 4. The van der Waals surface area contributed by atoms with E-state index in [1.807, 2.05) is 20.8 Å². The summed E-state index contributed by atoms with van der Waals surface area (Å²) in [6.07, 6.45) is 45.7. The Morgan fingerprint density at radius 3 is 1.15 bits per heavy atom. The van der Waals surface area contributed by atoms with Gasteiger partial charge >= 0.3 is 36.6 Å². The van der Waals surface area contributed by atoms with Crippen molar-refractivity contribution in [2.24, 2.45) is 11.0 Å². The molecule has 23 nitrogen and oxygen atoms in total. The Labute approximate surface area is 695 Å². The summed E-state index contributed by atoms with van der Waals surface area (Å²) in [5, 5.41) is 6.76. The Hall–Kier alpha value is -6.12. The molecule has 3 atom stereocenters. The maximum Gasteiger partial charge on any atom is 0.413 e. The minimum absolute atomic E-state index is 0.00488. The number of azide groups is 1. The third-order valence-electron chi connectivity index (χ3n) is 19.3. The molecule has 0 heterocycles. The molecule has 0 aliphatic carbocycles. The van der Waals surface area contributed by atoms with E-state index in [0.717, 1.165) is 32.1 Å². The van der Waals surface area contributed by atoms with E-state index in [-0.39, 0.29) is 57.9 Å². The molecule has 0 saturated carbocycles. The van der Waals surface area contributed by atoms with Crippen LogP contribution in [0.15, 0.2) is 29.4 Å². The van der Waals surface area contributed by atoms with Crippen molar-refractivity contribution in [1.29, 1.82) is 0 Å². The molecule has 23 heteroatoms. The lowest BCUT2D eigenvalue weighted by Gasteiger charge is -2.58. The highest BCUT2D eigenvalue weighted by atomic mass is 16.6. The Morgan fingerprint density at radius 2 is 0.737 bits per heavy atom. The van der Waals surface area contributed by atoms with Crippen molar-refractivity contribution in [3.05, 3.63) is 34.7 Å². The largest absolute Gasteiger partial charge is 0.444 e. The fraction of sp³-hybridized carbons (Fsp3) is 0.879. The Balaban J connectivity index is 6.37. The van der Waals surface area contributed by atoms with Gasteiger partial charge in [0.1, 0.15) is 39.8 Å². The molecule has 0 radical (unpaired) electrons. The number of carbonyl (C=O) groups excluding carboxylic acids is 7. The quantitative estimate of drug-likeness (QED) is 0.0113. The van der Waals surface area contributed by atoms with Crippen LogP contribution in [-0.4, -0.2) is 177 Å². The molecule has 0 spiro atoms. The van der Waals surface area contributed by atoms with Gasteiger partial charge in [-0.05, 0) is 239 Å². The average molecular weight is 1610 g/mol. The molecule has 114 heavy (non-hydrogen) atoms. The van der Waals surface area contributed by atoms with Crippen LogP contribution in [0.1, 0.15) is 409 Å². The van der Waals surface area contributed by atoms with Crippen LogP contribution in [0.5, 0.6) is 0 Å². The maximum atomic E-state index is 15.7. The normalized spacial score (nSPS) is 13.3. The van der Waals surface area contributed by atoms with Crippen LogP contribution in [0.4, 0.5) is 28.8 Å². The average Bonchev–Trinajstić information content (AvgIpc) is 0.729. The fourth-order valence-corrected chi connectivity index (χ4v) is 13.9. The van der Waals surface area contributed by atoms with Crippen molar-refractivity contribution in [3.8, 4) is 0 Å². The molecule has 0 aliphatic rings. The number of ether oxygens (including phenoxy) is 6. The number of rotatable bonds is 60. The second-order valence-corrected chi connectivity index (χ2v) is 37.5. The van der Waals surface area contributed by atoms with Gasteiger partial charge in [-0.1, -0.05) is 198 Å². The monoisotopic (exact) mass is 1610 g/mol. The topological polar surface area (TPSA) is 255 Å². The van der Waals surface area contributed by atoms with Crippen LogP contribution in [0.3, 0.4) is 0 Å². The van der Waals surface area contributed by atoms with Gasteiger partial charge in [-0.15, -0.1) is 0 Å². The van der Waals surface area contributed by atoms with Crippen LogP contribution >= 0.6 is 0 Å². The number of nitrogens with zero attached hydrogens (tertiary/aromatic N) is 9. The second kappa shape index (κ2) is 59.5. The zero-order chi connectivity index (χ0) is 86.3. The molecule has 0 aliphatic heterocycles. The molecule has 7 amide bonds. The van der Waals surface area contributed by atoms with Crippen LogP contribution in [0.2, 0.25) is 0 Å². The third-order valence-corrected chi connectivity index (χ3v) is 19.3. The van der Waals surface area contributed by atoms with E-state index in [9.17, 15) is 14.4 Å². The Bertz CT molecular complexity index is 2720. The van der Waals surface area contributed by atoms with Crippen molar-refractivity contribution in [2.75, 3.05) is 59.9 Å². The van der Waals surface area contributed by atoms with E-state index in [2.05, 4.69) is 39.6 Å². The lowest BCUT2D eigenvalue weighted by atomic mass is 9.88. The smallest absolute Gasteiger partial charge is 0.413 e. The molecular weight excluding hydrogens is 1440 g/mol. The summed E-state index contributed by atoms with van der Waals surface area (Å²) < 4.78 is 37.1. The van der Waals surface area contributed by atoms with Gasteiger partial charge in [0.15, 0.2) is 0 Å². The highest BCUT2D eigenvalue weighted by Gasteiger charge is 2.60. The summed E-state index contributed by atoms with van der Waals surface area (Å²) in [6, 6.07) is 0. The summed E-state index contributed by atoms with van der Waals surface area (Å²) in [5.74, 6) is -3.12. The molecule has 0 saturated heterocycles. The molecule has 0 aromatic heterocycles. The minimum atomic E-state index is -2.13. The van der Waals surface area contributed by atoms with Crippen molar-refractivity contribution >= 4 is 42.5 Å². The number of unbranched alkanes of at least 4 members (excludes halogenated alkanes) is 30. The summed E-state index contributed by atoms with van der Waals surface area (Å²) in [5.41, 5.74) is 2.42. The van der Waals surface area contributed by atoms with Crippen molar-refractivity contribution in [1.82, 2.24) is 34.7 Å². The van der Waals surface area contributed by atoms with Crippen LogP contribution in [0, 0.1) is 5.92 Å². The van der Waals surface area contributed by atoms with Crippen molar-refractivity contribution < 1.29 is 62.0 Å². The first-order valence-electron chi connectivity index (χ1n) is 45.0. The molecule has 3 unspecified atom stereocenters. The summed E-state index contributed by atoms with van der Waals surface area (Å²) in [6.45, 7) is 38.6. The minimum Gasteiger partial charge on any atom is -0.444 e. The lowest BCUT2D eigenvalue weighted by Crippen LogP contribution is -2.77. The van der Waals surface area contributed by atoms with E-state index in [1.165, 1.54) is 186 Å². The molecule has 0 aromatic carbocycles. The van der Waals surface area contributed by atoms with E-state index in [4.69, 9.17) is 34.0 Å². The molecule has 0 fully saturated rings. The Morgan fingerprint density at radius 1 is 0.377 bits per heavy atom. The molecule has 0 bridgehead atoms. The third kappa shape index (κ3) is 53.3. The van der Waals surface area contributed by atoms with Crippen LogP contribution in [-0.2, 0) is 33.2 Å². The first kappa shape index (κ1) is 108. The maximum absolute atomic E-state index is 15.7. The van der Waals surface area contributed by atoms with Crippen LogP contribution < -0.4 is 5.32 Å². The van der Waals surface area contributed by atoms with Gasteiger partial charge < -0.3 is 38.6 Å². The summed E-state index contributed by atoms with van der Waals surface area (Å²) in [4.78, 5) is 115. The summed E-state index contributed by atoms with van der Waals surface area (Å²) >= 11 is 0. The van der Waals surface area contributed by atoms with Gasteiger partial charge in [0.2, 0.25) is 11.7 Å². The predicted molar refractivity (Wildman–Crippen MR) is 466 cm³/mol. The van der Waals surface area contributed by atoms with E-state index >= 15 is 19.2 Å². The zero-order valence-electron chi connectivity index (χ0n) is 77.2. The van der Waals surface area contributed by atoms with Gasteiger partial charge in [-0.3, -0.25) is 29.3 Å². The molecule has 0 rings (SSSR count). The van der Waals surface area contributed by atoms with E-state index < -0.39 is 88.0 Å². The lowest BCUT2D eigenvalue weighted by molar-refractivity contribution is -0.177. The number of carbonyl (C=O) groups is 7. The number of nitrogens with one attached hydrogen (secondary N) is 1. The molecule has 664 valence electrons. The van der Waals surface area contributed by atoms with Crippen molar-refractivity contribution in [2.45, 2.75) is 454 Å². The highest BCUT2D eigenvalue weighted by Crippen LogP contribution is 2.41. The second-order valence-electron chi connectivity index (χ2n) is 37.5. The standard InChI is InChI=1S/C91H172N10O13/c1-24-27-74-101(84(108)114-90(19,20)21)91(97(23)80(104)110-86(7,8)9,100(72-26-3)83(107)113-89(16,17)18)76(75-98(81(105)111-87(10,11)12)73-65-68-78(96(22)79(103)109-85(4,5)6)99(71-25-2)82(106)112-88(13,14)15)66-61-58-60-63-69-93-77(102)67-62-57-55-53-51-49-47-45-43-41-39-37-35-33-31-29-28-30-32-34-36-38-40-42-44-46-48-50-52-54-56-59-64-70-94-95-92/h38-41,76,78H,24-37,42-75H2,1-23H3,(H,93,102). The van der Waals surface area contributed by atoms with Gasteiger partial charge in [-0.2, -0.15) is 0 Å². The zero-order valence-corrected chi connectivity index (χ0v) is 77.2. The van der Waals surface area contributed by atoms with E-state index in [0.29, 0.717) is 70.9 Å². The highest BCUT2D eigenvalue weighted by molar-refractivity contribution is 5.77. The predicted octanol–water partition coefficient (Wildman–Crippen LogP) is 25.9. The van der Waals surface area contributed by atoms with Gasteiger partial charge in [0.05, 0.1) is 0 Å². The van der Waals surface area contributed by atoms with Gasteiger partial charge in [-0.25, -0.2) is 28.8 Å².